The fourth-order valence-corrected chi connectivity index (χ4v) is 1.19. The molecule has 0 aromatic heterocycles. The Hall–Kier alpha value is -1.37. The lowest BCUT2D eigenvalue weighted by Crippen LogP contribution is -1.76. The van der Waals surface area contributed by atoms with Gasteiger partial charge in [-0.1, -0.05) is 50.2 Å². The van der Waals surface area contributed by atoms with Gasteiger partial charge in [0.2, 0.25) is 0 Å². The molecule has 0 aliphatic heterocycles. The Kier molecular flexibility index (Phi) is 3.44. The van der Waals surface area contributed by atoms with Gasteiger partial charge in [0.15, 0.2) is 0 Å². The molecule has 0 nitrogen and oxygen atoms in total. The molecule has 2 aromatic rings. The van der Waals surface area contributed by atoms with E-state index in [1.54, 1.807) is 12.1 Å². The highest BCUT2D eigenvalue weighted by atomic mass is 19.1. The van der Waals surface area contributed by atoms with Gasteiger partial charge in [0.25, 0.3) is 0 Å². The molecule has 2 rings (SSSR count). The average Bonchev–Trinajstić information content (AvgIpc) is 2.22. The average molecular weight is 176 g/mol. The minimum Gasteiger partial charge on any atom is -0.206 e. The molecule has 0 saturated heterocycles. The molecule has 0 radical (unpaired) electrons. The number of hydrogen-bond donors (Lipinski definition) is 0. The summed E-state index contributed by atoms with van der Waals surface area (Å²) in [5.74, 6) is -0.150. The Labute approximate surface area is 78.0 Å². The van der Waals surface area contributed by atoms with Gasteiger partial charge in [0.1, 0.15) is 5.82 Å². The third-order valence-corrected chi connectivity index (χ3v) is 1.74. The molecule has 0 amide bonds. The fraction of sp³-hybridized carbons (Fsp3) is 0.167. The Balaban J connectivity index is 0.000000396. The van der Waals surface area contributed by atoms with Crippen molar-refractivity contribution >= 4 is 10.8 Å². The molecule has 0 bridgehead atoms. The number of benzene rings is 2. The third kappa shape index (κ3) is 2.05. The molecule has 0 atom stereocenters. The topological polar surface area (TPSA) is 0 Å². The first-order chi connectivity index (χ1) is 6.38. The summed E-state index contributed by atoms with van der Waals surface area (Å²) in [6, 6.07) is 12.5. The second-order valence-electron chi connectivity index (χ2n) is 2.46. The molecule has 0 aliphatic rings. The maximum Gasteiger partial charge on any atom is 0.131 e. The maximum atomic E-state index is 13.0. The predicted octanol–water partition coefficient (Wildman–Crippen LogP) is 4.01. The molecule has 0 unspecified atom stereocenters. The van der Waals surface area contributed by atoms with E-state index in [1.807, 2.05) is 38.1 Å². The first-order valence-electron chi connectivity index (χ1n) is 4.51. The lowest BCUT2D eigenvalue weighted by molar-refractivity contribution is 0.640. The Morgan fingerprint density at radius 2 is 1.46 bits per heavy atom. The van der Waals surface area contributed by atoms with Crippen LogP contribution in [0.3, 0.4) is 0 Å². The molecule has 0 fully saturated rings. The third-order valence-electron chi connectivity index (χ3n) is 1.74. The van der Waals surface area contributed by atoms with Crippen LogP contribution in [0.5, 0.6) is 0 Å². The van der Waals surface area contributed by atoms with Crippen LogP contribution < -0.4 is 0 Å². The SMILES string of the molecule is CC.Fc1cccc2ccccc12. The van der Waals surface area contributed by atoms with Crippen LogP contribution in [0, 0.1) is 5.82 Å². The number of hydrogen-bond acceptors (Lipinski definition) is 0. The van der Waals surface area contributed by atoms with Gasteiger partial charge in [-0.05, 0) is 11.5 Å². The standard InChI is InChI=1S/C10H7F.C2H6/c11-10-7-3-5-8-4-1-2-6-9(8)10;1-2/h1-7H;1-2H3. The molecular weight excluding hydrogens is 163 g/mol. The van der Waals surface area contributed by atoms with Crippen LogP contribution in [0.15, 0.2) is 42.5 Å². The van der Waals surface area contributed by atoms with E-state index < -0.39 is 0 Å². The summed E-state index contributed by atoms with van der Waals surface area (Å²) >= 11 is 0. The van der Waals surface area contributed by atoms with Crippen LogP contribution in [0.2, 0.25) is 0 Å². The molecule has 13 heavy (non-hydrogen) atoms. The smallest absolute Gasteiger partial charge is 0.131 e. The summed E-state index contributed by atoms with van der Waals surface area (Å²) in [7, 11) is 0. The van der Waals surface area contributed by atoms with Gasteiger partial charge in [0, 0.05) is 5.39 Å². The van der Waals surface area contributed by atoms with Gasteiger partial charge in [-0.25, -0.2) is 4.39 Å². The Morgan fingerprint density at radius 3 is 2.15 bits per heavy atom. The van der Waals surface area contributed by atoms with Crippen molar-refractivity contribution < 1.29 is 4.39 Å². The summed E-state index contributed by atoms with van der Waals surface area (Å²) in [6.45, 7) is 4.00. The van der Waals surface area contributed by atoms with Gasteiger partial charge in [0.05, 0.1) is 0 Å². The molecule has 1 heteroatoms. The molecule has 0 N–H and O–H groups in total. The largest absolute Gasteiger partial charge is 0.206 e. The van der Waals surface area contributed by atoms with Gasteiger partial charge in [-0.3, -0.25) is 0 Å². The van der Waals surface area contributed by atoms with Crippen molar-refractivity contribution in [1.82, 2.24) is 0 Å². The van der Waals surface area contributed by atoms with E-state index in [-0.39, 0.29) is 5.82 Å². The quantitative estimate of drug-likeness (QED) is 0.569. The second kappa shape index (κ2) is 4.61. The van der Waals surface area contributed by atoms with Crippen molar-refractivity contribution in [3.05, 3.63) is 48.3 Å². The molecule has 68 valence electrons. The van der Waals surface area contributed by atoms with E-state index in [0.29, 0.717) is 5.39 Å². The highest BCUT2D eigenvalue weighted by molar-refractivity contribution is 5.82. The van der Waals surface area contributed by atoms with E-state index >= 15 is 0 Å². The summed E-state index contributed by atoms with van der Waals surface area (Å²) in [6.07, 6.45) is 0. The van der Waals surface area contributed by atoms with Crippen molar-refractivity contribution in [2.75, 3.05) is 0 Å². The Morgan fingerprint density at radius 1 is 0.846 bits per heavy atom. The summed E-state index contributed by atoms with van der Waals surface area (Å²) in [5, 5.41) is 1.64. The maximum absolute atomic E-state index is 13.0. The lowest BCUT2D eigenvalue weighted by Gasteiger charge is -1.95. The number of halogens is 1. The molecule has 0 spiro atoms. The predicted molar refractivity (Wildman–Crippen MR) is 55.3 cm³/mol. The van der Waals surface area contributed by atoms with Crippen molar-refractivity contribution in [3.8, 4) is 0 Å². The van der Waals surface area contributed by atoms with Crippen LogP contribution in [0.1, 0.15) is 13.8 Å². The van der Waals surface area contributed by atoms with Gasteiger partial charge >= 0.3 is 0 Å². The molecular formula is C12H13F. The monoisotopic (exact) mass is 176 g/mol. The van der Waals surface area contributed by atoms with Crippen LogP contribution in [-0.4, -0.2) is 0 Å². The van der Waals surface area contributed by atoms with Crippen LogP contribution in [0.25, 0.3) is 10.8 Å². The highest BCUT2D eigenvalue weighted by Crippen LogP contribution is 2.15. The summed E-state index contributed by atoms with van der Waals surface area (Å²) in [4.78, 5) is 0. The molecule has 0 saturated carbocycles. The lowest BCUT2D eigenvalue weighted by atomic mass is 10.1. The van der Waals surface area contributed by atoms with Crippen LogP contribution in [0.4, 0.5) is 4.39 Å². The zero-order chi connectivity index (χ0) is 9.68. The zero-order valence-electron chi connectivity index (χ0n) is 7.92. The van der Waals surface area contributed by atoms with Crippen molar-refractivity contribution in [3.63, 3.8) is 0 Å². The van der Waals surface area contributed by atoms with Gasteiger partial charge in [-0.2, -0.15) is 0 Å². The zero-order valence-corrected chi connectivity index (χ0v) is 7.92. The fourth-order valence-electron chi connectivity index (χ4n) is 1.19. The highest BCUT2D eigenvalue weighted by Gasteiger charge is 1.95. The first kappa shape index (κ1) is 9.72. The van der Waals surface area contributed by atoms with Crippen LogP contribution in [-0.2, 0) is 0 Å². The van der Waals surface area contributed by atoms with Crippen molar-refractivity contribution in [2.24, 2.45) is 0 Å². The van der Waals surface area contributed by atoms with E-state index in [1.165, 1.54) is 6.07 Å². The van der Waals surface area contributed by atoms with Crippen molar-refractivity contribution in [1.29, 1.82) is 0 Å². The first-order valence-corrected chi connectivity index (χ1v) is 4.51. The number of rotatable bonds is 0. The second-order valence-corrected chi connectivity index (χ2v) is 2.46. The minimum atomic E-state index is -0.150. The Bertz CT molecular complexity index is 374. The van der Waals surface area contributed by atoms with E-state index in [0.717, 1.165) is 5.39 Å². The number of fused-ring (bicyclic) bond motifs is 1. The van der Waals surface area contributed by atoms with Gasteiger partial charge < -0.3 is 0 Å². The molecule has 0 aliphatic carbocycles. The van der Waals surface area contributed by atoms with E-state index in [2.05, 4.69) is 0 Å². The van der Waals surface area contributed by atoms with Crippen LogP contribution >= 0.6 is 0 Å². The summed E-state index contributed by atoms with van der Waals surface area (Å²) in [5.41, 5.74) is 0. The normalized spacial score (nSPS) is 9.15. The van der Waals surface area contributed by atoms with Gasteiger partial charge in [-0.15, -0.1) is 0 Å². The minimum absolute atomic E-state index is 0.150. The summed E-state index contributed by atoms with van der Waals surface area (Å²) < 4.78 is 13.0. The van der Waals surface area contributed by atoms with E-state index in [4.69, 9.17) is 0 Å². The van der Waals surface area contributed by atoms with E-state index in [9.17, 15) is 4.39 Å². The molecule has 2 aromatic carbocycles. The molecule has 0 heterocycles. The van der Waals surface area contributed by atoms with Crippen molar-refractivity contribution in [2.45, 2.75) is 13.8 Å².